The van der Waals surface area contributed by atoms with Crippen LogP contribution in [0.2, 0.25) is 0 Å². The smallest absolute Gasteiger partial charge is 0.268 e. The minimum absolute atomic E-state index is 0. The van der Waals surface area contributed by atoms with Gasteiger partial charge in [-0.15, -0.1) is 12.4 Å². The normalized spacial score (nSPS) is 11.1. The summed E-state index contributed by atoms with van der Waals surface area (Å²) in [6.07, 6.45) is 3.06. The van der Waals surface area contributed by atoms with E-state index in [0.29, 0.717) is 17.8 Å². The van der Waals surface area contributed by atoms with Gasteiger partial charge >= 0.3 is 0 Å². The number of pyridine rings is 1. The Labute approximate surface area is 152 Å². The van der Waals surface area contributed by atoms with Crippen molar-refractivity contribution in [1.82, 2.24) is 14.3 Å². The van der Waals surface area contributed by atoms with E-state index in [4.69, 9.17) is 0 Å². The molecule has 0 bridgehead atoms. The fourth-order valence-electron chi connectivity index (χ4n) is 2.52. The fourth-order valence-corrected chi connectivity index (χ4v) is 3.93. The molecule has 25 heavy (non-hydrogen) atoms. The van der Waals surface area contributed by atoms with E-state index < -0.39 is 10.0 Å². The van der Waals surface area contributed by atoms with E-state index in [1.54, 1.807) is 49.6 Å². The van der Waals surface area contributed by atoms with Crippen molar-refractivity contribution < 1.29 is 8.42 Å². The summed E-state index contributed by atoms with van der Waals surface area (Å²) in [5.74, 6) is 0. The lowest BCUT2D eigenvalue weighted by molar-refractivity contribution is 0.588. The van der Waals surface area contributed by atoms with Gasteiger partial charge in [0.1, 0.15) is 0 Å². The number of benzene rings is 1. The van der Waals surface area contributed by atoms with Crippen molar-refractivity contribution in [3.8, 4) is 11.3 Å². The molecule has 0 atom stereocenters. The molecule has 6 nitrogen and oxygen atoms in total. The van der Waals surface area contributed by atoms with Crippen LogP contribution in [0.3, 0.4) is 0 Å². The van der Waals surface area contributed by atoms with Gasteiger partial charge in [-0.05, 0) is 42.9 Å². The van der Waals surface area contributed by atoms with Crippen LogP contribution in [0.5, 0.6) is 0 Å². The molecule has 0 spiro atoms. The van der Waals surface area contributed by atoms with E-state index in [2.05, 4.69) is 10.3 Å². The molecule has 0 saturated heterocycles. The maximum absolute atomic E-state index is 13.0. The number of H-pyrrole nitrogens is 1. The van der Waals surface area contributed by atoms with E-state index in [-0.39, 0.29) is 22.9 Å². The molecule has 0 fully saturated rings. The molecule has 0 aliphatic carbocycles. The molecule has 0 aliphatic rings. The van der Waals surface area contributed by atoms with Gasteiger partial charge in [-0.2, -0.15) is 0 Å². The average Bonchev–Trinajstić information content (AvgIpc) is 3.01. The van der Waals surface area contributed by atoms with Gasteiger partial charge in [-0.3, -0.25) is 4.79 Å². The van der Waals surface area contributed by atoms with Crippen molar-refractivity contribution in [2.45, 2.75) is 11.4 Å². The van der Waals surface area contributed by atoms with Gasteiger partial charge in [-0.1, -0.05) is 18.2 Å². The summed E-state index contributed by atoms with van der Waals surface area (Å²) >= 11 is 0. The monoisotopic (exact) mass is 379 g/mol. The SMILES string of the molecule is CNCc1cc(-c2ccc[nH]c2=O)n(S(=O)(=O)c2ccccc2)c1.Cl. The van der Waals surface area contributed by atoms with Crippen LogP contribution in [-0.2, 0) is 16.6 Å². The molecule has 0 saturated carbocycles. The van der Waals surface area contributed by atoms with Gasteiger partial charge in [0.15, 0.2) is 0 Å². The summed E-state index contributed by atoms with van der Waals surface area (Å²) in [6.45, 7) is 0.495. The predicted molar refractivity (Wildman–Crippen MR) is 99.5 cm³/mol. The average molecular weight is 380 g/mol. The van der Waals surface area contributed by atoms with Crippen molar-refractivity contribution in [3.05, 3.63) is 76.8 Å². The van der Waals surface area contributed by atoms with Crippen LogP contribution in [0.1, 0.15) is 5.56 Å². The third-order valence-electron chi connectivity index (χ3n) is 3.62. The number of hydrogen-bond acceptors (Lipinski definition) is 4. The number of nitrogens with zero attached hydrogens (tertiary/aromatic N) is 1. The van der Waals surface area contributed by atoms with Gasteiger partial charge in [0.25, 0.3) is 15.6 Å². The molecule has 2 N–H and O–H groups in total. The minimum Gasteiger partial charge on any atom is -0.329 e. The third-order valence-corrected chi connectivity index (χ3v) is 5.31. The van der Waals surface area contributed by atoms with Crippen molar-refractivity contribution >= 4 is 22.4 Å². The highest BCUT2D eigenvalue weighted by molar-refractivity contribution is 7.90. The number of aromatic amines is 1. The van der Waals surface area contributed by atoms with Crippen LogP contribution in [0.25, 0.3) is 11.3 Å². The Morgan fingerprint density at radius 1 is 1.12 bits per heavy atom. The molecule has 0 unspecified atom stereocenters. The molecule has 0 amide bonds. The van der Waals surface area contributed by atoms with Crippen LogP contribution < -0.4 is 10.9 Å². The molecule has 0 radical (unpaired) electrons. The highest BCUT2D eigenvalue weighted by Crippen LogP contribution is 2.25. The molecule has 3 aromatic rings. The number of aromatic nitrogens is 2. The lowest BCUT2D eigenvalue weighted by atomic mass is 10.2. The van der Waals surface area contributed by atoms with E-state index in [9.17, 15) is 13.2 Å². The van der Waals surface area contributed by atoms with Crippen LogP contribution in [0, 0.1) is 0 Å². The van der Waals surface area contributed by atoms with Crippen LogP contribution >= 0.6 is 12.4 Å². The maximum Gasteiger partial charge on any atom is 0.268 e. The maximum atomic E-state index is 13.0. The summed E-state index contributed by atoms with van der Waals surface area (Å²) in [6, 6.07) is 13.1. The highest BCUT2D eigenvalue weighted by Gasteiger charge is 2.22. The molecule has 8 heteroatoms. The molecule has 2 aromatic heterocycles. The first kappa shape index (κ1) is 19.0. The number of rotatable bonds is 5. The summed E-state index contributed by atoms with van der Waals surface area (Å²) in [7, 11) is -2.02. The minimum atomic E-state index is -3.80. The molecule has 2 heterocycles. The quantitative estimate of drug-likeness (QED) is 0.712. The molecule has 132 valence electrons. The Balaban J connectivity index is 0.00000225. The zero-order chi connectivity index (χ0) is 17.2. The third kappa shape index (κ3) is 3.68. The Hall–Kier alpha value is -2.35. The lowest BCUT2D eigenvalue weighted by Gasteiger charge is -2.10. The van der Waals surface area contributed by atoms with Crippen molar-refractivity contribution in [3.63, 3.8) is 0 Å². The van der Waals surface area contributed by atoms with Crippen molar-refractivity contribution in [2.75, 3.05) is 7.05 Å². The Bertz CT molecular complexity index is 1010. The topological polar surface area (TPSA) is 84.0 Å². The highest BCUT2D eigenvalue weighted by atomic mass is 35.5. The predicted octanol–water partition coefficient (Wildman–Crippen LogP) is 2.22. The van der Waals surface area contributed by atoms with Gasteiger partial charge in [0.2, 0.25) is 0 Å². The van der Waals surface area contributed by atoms with E-state index >= 15 is 0 Å². The van der Waals surface area contributed by atoms with Crippen LogP contribution in [0.15, 0.2) is 70.6 Å². The molecule has 1 aromatic carbocycles. The van der Waals surface area contributed by atoms with Crippen molar-refractivity contribution in [2.24, 2.45) is 0 Å². The number of halogens is 1. The second kappa shape index (κ2) is 7.69. The van der Waals surface area contributed by atoms with Crippen molar-refractivity contribution in [1.29, 1.82) is 0 Å². The molecular weight excluding hydrogens is 362 g/mol. The Kier molecular flexibility index (Phi) is 5.84. The van der Waals surface area contributed by atoms with Crippen LogP contribution in [0.4, 0.5) is 0 Å². The first-order valence-electron chi connectivity index (χ1n) is 7.38. The summed E-state index contributed by atoms with van der Waals surface area (Å²) in [5, 5.41) is 2.99. The molecule has 3 rings (SSSR count). The summed E-state index contributed by atoms with van der Waals surface area (Å²) in [5.41, 5.74) is 1.08. The van der Waals surface area contributed by atoms with Gasteiger partial charge in [0, 0.05) is 18.9 Å². The first-order valence-corrected chi connectivity index (χ1v) is 8.82. The fraction of sp³-hybridized carbons (Fsp3) is 0.118. The van der Waals surface area contributed by atoms with Crippen LogP contribution in [-0.4, -0.2) is 24.4 Å². The van der Waals surface area contributed by atoms with E-state index in [1.165, 1.54) is 22.3 Å². The molecular formula is C17H18ClN3O3S. The van der Waals surface area contributed by atoms with Gasteiger partial charge in [-0.25, -0.2) is 12.4 Å². The molecule has 0 aliphatic heterocycles. The van der Waals surface area contributed by atoms with Gasteiger partial charge < -0.3 is 10.3 Å². The first-order chi connectivity index (χ1) is 11.5. The Morgan fingerprint density at radius 2 is 1.84 bits per heavy atom. The summed E-state index contributed by atoms with van der Waals surface area (Å²) in [4.78, 5) is 14.9. The largest absolute Gasteiger partial charge is 0.329 e. The van der Waals surface area contributed by atoms with E-state index in [0.717, 1.165) is 5.56 Å². The zero-order valence-electron chi connectivity index (χ0n) is 13.5. The second-order valence-corrected chi connectivity index (χ2v) is 7.11. The van der Waals surface area contributed by atoms with Gasteiger partial charge in [0.05, 0.1) is 16.2 Å². The number of nitrogens with one attached hydrogen (secondary N) is 2. The zero-order valence-corrected chi connectivity index (χ0v) is 15.1. The standard InChI is InChI=1S/C17H17N3O3S.ClH/c1-18-11-13-10-16(15-8-5-9-19-17(15)21)20(12-13)24(22,23)14-6-3-2-4-7-14;/h2-10,12,18H,11H2,1H3,(H,19,21);1H. The Morgan fingerprint density at radius 3 is 2.48 bits per heavy atom. The lowest BCUT2D eigenvalue weighted by Crippen LogP contribution is -2.16. The summed E-state index contributed by atoms with van der Waals surface area (Å²) < 4.78 is 27.1. The van der Waals surface area contributed by atoms with E-state index in [1.807, 2.05) is 0 Å². The second-order valence-electron chi connectivity index (χ2n) is 5.29. The number of hydrogen-bond donors (Lipinski definition) is 2.